The van der Waals surface area contributed by atoms with Gasteiger partial charge in [-0.25, -0.2) is 13.1 Å². The van der Waals surface area contributed by atoms with Crippen LogP contribution in [-0.4, -0.2) is 15.5 Å². The van der Waals surface area contributed by atoms with Crippen LogP contribution in [-0.2, 0) is 16.4 Å². The summed E-state index contributed by atoms with van der Waals surface area (Å²) in [6, 6.07) is 12.6. The van der Waals surface area contributed by atoms with Crippen molar-refractivity contribution in [3.8, 4) is 0 Å². The number of nitrogens with one attached hydrogen (secondary N) is 2. The van der Waals surface area contributed by atoms with Gasteiger partial charge < -0.3 is 11.1 Å². The van der Waals surface area contributed by atoms with Crippen LogP contribution in [0.15, 0.2) is 47.4 Å². The van der Waals surface area contributed by atoms with E-state index in [9.17, 15) is 8.42 Å². The van der Waals surface area contributed by atoms with Crippen molar-refractivity contribution in [3.05, 3.63) is 48.0 Å². The van der Waals surface area contributed by atoms with E-state index in [4.69, 9.17) is 5.73 Å². The van der Waals surface area contributed by atoms with E-state index >= 15 is 0 Å². The molecule has 0 amide bonds. The predicted molar refractivity (Wildman–Crippen MR) is 86.2 cm³/mol. The van der Waals surface area contributed by atoms with E-state index in [0.29, 0.717) is 11.4 Å². The van der Waals surface area contributed by atoms with E-state index in [1.54, 1.807) is 6.07 Å². The molecule has 112 valence electrons. The minimum Gasteiger partial charge on any atom is -0.397 e. The van der Waals surface area contributed by atoms with Crippen molar-refractivity contribution in [2.75, 3.05) is 18.1 Å². The lowest BCUT2D eigenvalue weighted by Crippen LogP contribution is -2.18. The number of nitrogen functional groups attached to an aromatic ring is 1. The molecule has 0 atom stereocenters. The molecule has 0 saturated heterocycles. The van der Waals surface area contributed by atoms with Crippen molar-refractivity contribution in [1.82, 2.24) is 4.72 Å². The molecule has 21 heavy (non-hydrogen) atoms. The monoisotopic (exact) mass is 305 g/mol. The van der Waals surface area contributed by atoms with Gasteiger partial charge in [-0.05, 0) is 49.4 Å². The highest BCUT2D eigenvalue weighted by molar-refractivity contribution is 7.89. The van der Waals surface area contributed by atoms with Gasteiger partial charge in [0.25, 0.3) is 0 Å². The van der Waals surface area contributed by atoms with Crippen molar-refractivity contribution in [1.29, 1.82) is 0 Å². The molecule has 0 aliphatic heterocycles. The standard InChI is InChI=1S/C15H19N3O2S/c1-3-11-5-4-6-12(9-11)18-15-8-7-13(10-14(15)16)21(19,20)17-2/h4-10,17-18H,3,16H2,1-2H3. The number of sulfonamides is 1. The molecule has 0 saturated carbocycles. The van der Waals surface area contributed by atoms with Gasteiger partial charge in [0, 0.05) is 5.69 Å². The first-order chi connectivity index (χ1) is 9.96. The zero-order valence-electron chi connectivity index (χ0n) is 12.1. The summed E-state index contributed by atoms with van der Waals surface area (Å²) in [6.07, 6.45) is 0.949. The van der Waals surface area contributed by atoms with Crippen LogP contribution in [0.25, 0.3) is 0 Å². The highest BCUT2D eigenvalue weighted by atomic mass is 32.2. The maximum absolute atomic E-state index is 11.7. The normalized spacial score (nSPS) is 11.3. The Morgan fingerprint density at radius 2 is 1.90 bits per heavy atom. The van der Waals surface area contributed by atoms with Crippen molar-refractivity contribution in [3.63, 3.8) is 0 Å². The summed E-state index contributed by atoms with van der Waals surface area (Å²) in [5, 5.41) is 3.20. The van der Waals surface area contributed by atoms with Crippen LogP contribution in [0.3, 0.4) is 0 Å². The topological polar surface area (TPSA) is 84.2 Å². The lowest BCUT2D eigenvalue weighted by Gasteiger charge is -2.12. The molecule has 0 spiro atoms. The number of aryl methyl sites for hydroxylation is 1. The molecule has 0 unspecified atom stereocenters. The fourth-order valence-corrected chi connectivity index (χ4v) is 2.73. The van der Waals surface area contributed by atoms with E-state index < -0.39 is 10.0 Å². The third-order valence-corrected chi connectivity index (χ3v) is 4.63. The Labute approximate surface area is 125 Å². The zero-order valence-corrected chi connectivity index (χ0v) is 12.9. The largest absolute Gasteiger partial charge is 0.397 e. The van der Waals surface area contributed by atoms with Gasteiger partial charge in [0.15, 0.2) is 0 Å². The molecule has 0 aromatic heterocycles. The molecule has 0 aliphatic rings. The van der Waals surface area contributed by atoms with Crippen LogP contribution in [0, 0.1) is 0 Å². The molecule has 4 N–H and O–H groups in total. The molecule has 0 radical (unpaired) electrons. The highest BCUT2D eigenvalue weighted by Crippen LogP contribution is 2.26. The second kappa shape index (κ2) is 6.15. The number of benzene rings is 2. The lowest BCUT2D eigenvalue weighted by molar-refractivity contribution is 0.588. The summed E-state index contributed by atoms with van der Waals surface area (Å²) in [5.41, 5.74) is 9.14. The third kappa shape index (κ3) is 3.53. The minimum absolute atomic E-state index is 0.148. The smallest absolute Gasteiger partial charge is 0.240 e. The predicted octanol–water partition coefficient (Wildman–Crippen LogP) is 2.48. The van der Waals surface area contributed by atoms with Crippen LogP contribution in [0.4, 0.5) is 17.1 Å². The van der Waals surface area contributed by atoms with Crippen LogP contribution in [0.5, 0.6) is 0 Å². The summed E-state index contributed by atoms with van der Waals surface area (Å²) < 4.78 is 25.7. The molecule has 0 bridgehead atoms. The third-order valence-electron chi connectivity index (χ3n) is 3.22. The van der Waals surface area contributed by atoms with Gasteiger partial charge >= 0.3 is 0 Å². The number of nitrogens with two attached hydrogens (primary N) is 1. The van der Waals surface area contributed by atoms with Gasteiger partial charge in [0.1, 0.15) is 0 Å². The molecule has 2 aromatic rings. The SMILES string of the molecule is CCc1cccc(Nc2ccc(S(=O)(=O)NC)cc2N)c1. The van der Waals surface area contributed by atoms with Gasteiger partial charge in [0.2, 0.25) is 10.0 Å². The number of rotatable bonds is 5. The first kappa shape index (κ1) is 15.3. The van der Waals surface area contributed by atoms with E-state index in [0.717, 1.165) is 12.1 Å². The Morgan fingerprint density at radius 3 is 2.52 bits per heavy atom. The zero-order chi connectivity index (χ0) is 15.5. The molecular weight excluding hydrogens is 286 g/mol. The number of anilines is 3. The van der Waals surface area contributed by atoms with E-state index in [2.05, 4.69) is 23.0 Å². The van der Waals surface area contributed by atoms with Crippen LogP contribution in [0.1, 0.15) is 12.5 Å². The maximum atomic E-state index is 11.7. The van der Waals surface area contributed by atoms with Crippen LogP contribution < -0.4 is 15.8 Å². The molecule has 0 fully saturated rings. The number of hydrogen-bond donors (Lipinski definition) is 3. The van der Waals surface area contributed by atoms with Gasteiger partial charge in [-0.3, -0.25) is 0 Å². The molecular formula is C15H19N3O2S. The molecule has 2 rings (SSSR count). The molecule has 2 aromatic carbocycles. The second-order valence-corrected chi connectivity index (χ2v) is 6.52. The lowest BCUT2D eigenvalue weighted by atomic mass is 10.1. The van der Waals surface area contributed by atoms with Crippen molar-refractivity contribution < 1.29 is 8.42 Å². The van der Waals surface area contributed by atoms with E-state index in [-0.39, 0.29) is 4.90 Å². The summed E-state index contributed by atoms with van der Waals surface area (Å²) in [4.78, 5) is 0.148. The first-order valence-electron chi connectivity index (χ1n) is 6.65. The van der Waals surface area contributed by atoms with Gasteiger partial charge in [-0.2, -0.15) is 0 Å². The van der Waals surface area contributed by atoms with Gasteiger partial charge in [-0.1, -0.05) is 19.1 Å². The fraction of sp³-hybridized carbons (Fsp3) is 0.200. The Morgan fingerprint density at radius 1 is 1.14 bits per heavy atom. The fourth-order valence-electron chi connectivity index (χ4n) is 1.96. The van der Waals surface area contributed by atoms with Gasteiger partial charge in [-0.15, -0.1) is 0 Å². The molecule has 0 heterocycles. The molecule has 6 heteroatoms. The van der Waals surface area contributed by atoms with E-state index in [1.807, 2.05) is 18.2 Å². The summed E-state index contributed by atoms with van der Waals surface area (Å²) >= 11 is 0. The Bertz CT molecular complexity index is 742. The summed E-state index contributed by atoms with van der Waals surface area (Å²) in [5.74, 6) is 0. The minimum atomic E-state index is -3.48. The molecule has 0 aliphatic carbocycles. The quantitative estimate of drug-likeness (QED) is 0.741. The van der Waals surface area contributed by atoms with Gasteiger partial charge in [0.05, 0.1) is 16.3 Å². The van der Waals surface area contributed by atoms with Crippen LogP contribution in [0.2, 0.25) is 0 Å². The second-order valence-electron chi connectivity index (χ2n) is 4.64. The number of hydrogen-bond acceptors (Lipinski definition) is 4. The Hall–Kier alpha value is -2.05. The van der Waals surface area contributed by atoms with Crippen molar-refractivity contribution in [2.24, 2.45) is 0 Å². The molecule has 5 nitrogen and oxygen atoms in total. The summed E-state index contributed by atoms with van der Waals surface area (Å²) in [6.45, 7) is 2.09. The van der Waals surface area contributed by atoms with Crippen LogP contribution >= 0.6 is 0 Å². The highest BCUT2D eigenvalue weighted by Gasteiger charge is 2.12. The average Bonchev–Trinajstić information content (AvgIpc) is 2.49. The first-order valence-corrected chi connectivity index (χ1v) is 8.13. The average molecular weight is 305 g/mol. The Kier molecular flexibility index (Phi) is 4.50. The maximum Gasteiger partial charge on any atom is 0.240 e. The summed E-state index contributed by atoms with van der Waals surface area (Å²) in [7, 11) is -2.11. The van der Waals surface area contributed by atoms with E-state index in [1.165, 1.54) is 24.7 Å². The van der Waals surface area contributed by atoms with Crippen molar-refractivity contribution >= 4 is 27.1 Å². The van der Waals surface area contributed by atoms with Crippen molar-refractivity contribution in [2.45, 2.75) is 18.2 Å². The Balaban J connectivity index is 2.29.